The average Bonchev–Trinajstić information content (AvgIpc) is 3.25. The van der Waals surface area contributed by atoms with Gasteiger partial charge in [0.25, 0.3) is 0 Å². The van der Waals surface area contributed by atoms with E-state index >= 15 is 0 Å². The van der Waals surface area contributed by atoms with E-state index in [2.05, 4.69) is 4.98 Å². The van der Waals surface area contributed by atoms with E-state index in [1.54, 1.807) is 0 Å². The Morgan fingerprint density at radius 3 is 2.48 bits per heavy atom. The zero-order valence-electron chi connectivity index (χ0n) is 17.1. The molecule has 0 spiro atoms. The Hall–Kier alpha value is -3.06. The molecule has 31 heavy (non-hydrogen) atoms. The van der Waals surface area contributed by atoms with Crippen molar-refractivity contribution in [3.63, 3.8) is 0 Å². The Bertz CT molecular complexity index is 994. The molecule has 0 aliphatic carbocycles. The number of aryl methyl sites for hydroxylation is 1. The molecule has 0 unspecified atom stereocenters. The van der Waals surface area contributed by atoms with Gasteiger partial charge in [0, 0.05) is 25.9 Å². The maximum atomic E-state index is 13.9. The zero-order chi connectivity index (χ0) is 21.6. The molecule has 0 radical (unpaired) electrons. The predicted octanol–water partition coefficient (Wildman–Crippen LogP) is 4.76. The summed E-state index contributed by atoms with van der Waals surface area (Å²) < 4.78 is 39.2. The van der Waals surface area contributed by atoms with Gasteiger partial charge in [0.2, 0.25) is 5.91 Å². The highest BCUT2D eigenvalue weighted by molar-refractivity contribution is 5.76. The minimum atomic E-state index is -0.712. The van der Waals surface area contributed by atoms with Crippen LogP contribution in [0.1, 0.15) is 30.7 Å². The second-order valence-electron chi connectivity index (χ2n) is 7.59. The van der Waals surface area contributed by atoms with Crippen molar-refractivity contribution < 1.29 is 22.7 Å². The summed E-state index contributed by atoms with van der Waals surface area (Å²) in [5.74, 6) is -1.10. The number of amides is 1. The second-order valence-corrected chi connectivity index (χ2v) is 7.59. The third-order valence-electron chi connectivity index (χ3n) is 5.44. The third kappa shape index (κ3) is 5.35. The third-order valence-corrected chi connectivity index (χ3v) is 5.44. The molecule has 3 aromatic rings. The SMILES string of the molecule is O=C(CCc1ncc(-c2c(F)cccc2F)o1)N1CCC(OCc2ccccc2)CC1. The van der Waals surface area contributed by atoms with Crippen molar-refractivity contribution in [3.8, 4) is 11.3 Å². The predicted molar refractivity (Wildman–Crippen MR) is 111 cm³/mol. The fourth-order valence-electron chi connectivity index (χ4n) is 3.71. The topological polar surface area (TPSA) is 55.6 Å². The number of nitrogens with zero attached hydrogens (tertiary/aromatic N) is 2. The average molecular weight is 426 g/mol. The first-order valence-corrected chi connectivity index (χ1v) is 10.4. The Labute approximate surface area is 179 Å². The number of hydrogen-bond acceptors (Lipinski definition) is 4. The summed E-state index contributed by atoms with van der Waals surface area (Å²) in [6.45, 7) is 1.87. The van der Waals surface area contributed by atoms with Gasteiger partial charge in [-0.15, -0.1) is 0 Å². The Balaban J connectivity index is 1.23. The number of hydrogen-bond donors (Lipinski definition) is 0. The van der Waals surface area contributed by atoms with Crippen LogP contribution in [0.15, 0.2) is 59.1 Å². The number of piperidine rings is 1. The van der Waals surface area contributed by atoms with Crippen LogP contribution in [0, 0.1) is 11.6 Å². The molecular weight excluding hydrogens is 402 g/mol. The molecule has 0 atom stereocenters. The molecule has 0 N–H and O–H groups in total. The van der Waals surface area contributed by atoms with Crippen molar-refractivity contribution in [1.29, 1.82) is 0 Å². The van der Waals surface area contributed by atoms with E-state index in [0.717, 1.165) is 30.5 Å². The number of benzene rings is 2. The summed E-state index contributed by atoms with van der Waals surface area (Å²) in [7, 11) is 0. The molecule has 1 saturated heterocycles. The first-order valence-electron chi connectivity index (χ1n) is 10.4. The fraction of sp³-hybridized carbons (Fsp3) is 0.333. The highest BCUT2D eigenvalue weighted by Crippen LogP contribution is 2.27. The number of carbonyl (C=O) groups is 1. The van der Waals surface area contributed by atoms with Crippen LogP contribution in [0.5, 0.6) is 0 Å². The molecule has 2 heterocycles. The van der Waals surface area contributed by atoms with E-state index in [9.17, 15) is 13.6 Å². The minimum Gasteiger partial charge on any atom is -0.441 e. The second kappa shape index (κ2) is 9.83. The highest BCUT2D eigenvalue weighted by atomic mass is 19.1. The molecule has 7 heteroatoms. The van der Waals surface area contributed by atoms with E-state index in [-0.39, 0.29) is 42.1 Å². The lowest BCUT2D eigenvalue weighted by Gasteiger charge is -2.32. The van der Waals surface area contributed by atoms with Crippen LogP contribution < -0.4 is 0 Å². The smallest absolute Gasteiger partial charge is 0.223 e. The van der Waals surface area contributed by atoms with Crippen molar-refractivity contribution in [2.24, 2.45) is 0 Å². The molecule has 0 bridgehead atoms. The van der Waals surface area contributed by atoms with Crippen LogP contribution in [-0.4, -0.2) is 35.0 Å². The molecule has 1 aliphatic rings. The lowest BCUT2D eigenvalue weighted by atomic mass is 10.1. The van der Waals surface area contributed by atoms with Crippen LogP contribution in [0.2, 0.25) is 0 Å². The van der Waals surface area contributed by atoms with Gasteiger partial charge >= 0.3 is 0 Å². The van der Waals surface area contributed by atoms with Gasteiger partial charge < -0.3 is 14.1 Å². The van der Waals surface area contributed by atoms with Gasteiger partial charge in [-0.25, -0.2) is 13.8 Å². The Morgan fingerprint density at radius 2 is 1.77 bits per heavy atom. The first-order chi connectivity index (χ1) is 15.1. The maximum absolute atomic E-state index is 13.9. The van der Waals surface area contributed by atoms with E-state index in [0.29, 0.717) is 19.7 Å². The number of halogens is 2. The van der Waals surface area contributed by atoms with Crippen LogP contribution in [0.3, 0.4) is 0 Å². The van der Waals surface area contributed by atoms with Gasteiger partial charge in [-0.3, -0.25) is 4.79 Å². The quantitative estimate of drug-likeness (QED) is 0.547. The molecule has 1 fully saturated rings. The summed E-state index contributed by atoms with van der Waals surface area (Å²) in [5.41, 5.74) is 0.895. The molecule has 162 valence electrons. The molecule has 4 rings (SSSR count). The van der Waals surface area contributed by atoms with Gasteiger partial charge in [0.05, 0.1) is 24.5 Å². The highest BCUT2D eigenvalue weighted by Gasteiger charge is 2.24. The number of oxazole rings is 1. The van der Waals surface area contributed by atoms with Crippen LogP contribution in [-0.2, 0) is 22.6 Å². The fourth-order valence-corrected chi connectivity index (χ4v) is 3.71. The van der Waals surface area contributed by atoms with Crippen LogP contribution in [0.4, 0.5) is 8.78 Å². The monoisotopic (exact) mass is 426 g/mol. The zero-order valence-corrected chi connectivity index (χ0v) is 17.1. The molecular formula is C24H24F2N2O3. The van der Waals surface area contributed by atoms with Crippen molar-refractivity contribution in [2.45, 2.75) is 38.4 Å². The number of ether oxygens (including phenoxy) is 1. The minimum absolute atomic E-state index is 0.0123. The van der Waals surface area contributed by atoms with E-state index in [1.165, 1.54) is 12.3 Å². The molecule has 1 aromatic heterocycles. The maximum Gasteiger partial charge on any atom is 0.223 e. The van der Waals surface area contributed by atoms with Crippen molar-refractivity contribution in [2.75, 3.05) is 13.1 Å². The van der Waals surface area contributed by atoms with Crippen molar-refractivity contribution >= 4 is 5.91 Å². The molecule has 1 aliphatic heterocycles. The number of likely N-dealkylation sites (tertiary alicyclic amines) is 1. The van der Waals surface area contributed by atoms with Gasteiger partial charge in [0.1, 0.15) is 11.6 Å². The van der Waals surface area contributed by atoms with Gasteiger partial charge in [0.15, 0.2) is 11.7 Å². The van der Waals surface area contributed by atoms with E-state index in [4.69, 9.17) is 9.15 Å². The Morgan fingerprint density at radius 1 is 1.06 bits per heavy atom. The van der Waals surface area contributed by atoms with Crippen LogP contribution >= 0.6 is 0 Å². The lowest BCUT2D eigenvalue weighted by Crippen LogP contribution is -2.40. The lowest BCUT2D eigenvalue weighted by molar-refractivity contribution is -0.134. The molecule has 5 nitrogen and oxygen atoms in total. The van der Waals surface area contributed by atoms with Gasteiger partial charge in [-0.05, 0) is 30.5 Å². The van der Waals surface area contributed by atoms with Gasteiger partial charge in [-0.1, -0.05) is 36.4 Å². The number of aromatic nitrogens is 1. The normalized spacial score (nSPS) is 14.7. The van der Waals surface area contributed by atoms with Crippen LogP contribution in [0.25, 0.3) is 11.3 Å². The van der Waals surface area contributed by atoms with Gasteiger partial charge in [-0.2, -0.15) is 0 Å². The van der Waals surface area contributed by atoms with Crippen molar-refractivity contribution in [3.05, 3.63) is 77.8 Å². The molecule has 2 aromatic carbocycles. The Kier molecular flexibility index (Phi) is 6.72. The summed E-state index contributed by atoms with van der Waals surface area (Å²) >= 11 is 0. The standard InChI is InChI=1S/C24H24F2N2O3/c25-19-7-4-8-20(26)24(19)21-15-27-22(31-21)9-10-23(29)28-13-11-18(12-14-28)30-16-17-5-2-1-3-6-17/h1-8,15,18H,9-14,16H2. The number of rotatable bonds is 7. The number of carbonyl (C=O) groups excluding carboxylic acids is 1. The molecule has 0 saturated carbocycles. The summed E-state index contributed by atoms with van der Waals surface area (Å²) in [4.78, 5) is 18.4. The largest absolute Gasteiger partial charge is 0.441 e. The summed E-state index contributed by atoms with van der Waals surface area (Å²) in [6.07, 6.45) is 3.54. The van der Waals surface area contributed by atoms with Crippen molar-refractivity contribution in [1.82, 2.24) is 9.88 Å². The van der Waals surface area contributed by atoms with E-state index < -0.39 is 11.6 Å². The van der Waals surface area contributed by atoms with E-state index in [1.807, 2.05) is 35.2 Å². The summed E-state index contributed by atoms with van der Waals surface area (Å²) in [6, 6.07) is 13.6. The summed E-state index contributed by atoms with van der Waals surface area (Å²) in [5, 5.41) is 0. The molecule has 1 amide bonds. The first kappa shape index (κ1) is 21.2.